The number of carbonyl (C=O) groups excluding carboxylic acids is 2. The van der Waals surface area contributed by atoms with Gasteiger partial charge in [-0.05, 0) is 98.8 Å². The van der Waals surface area contributed by atoms with Gasteiger partial charge in [-0.15, -0.1) is 11.3 Å². The first-order chi connectivity index (χ1) is 23.2. The molecule has 0 radical (unpaired) electrons. The molecule has 5 aromatic rings. The fourth-order valence-electron chi connectivity index (χ4n) is 6.97. The van der Waals surface area contributed by atoms with E-state index in [2.05, 4.69) is 20.2 Å². The molecule has 8 rings (SSSR count). The van der Waals surface area contributed by atoms with Crippen LogP contribution in [0.15, 0.2) is 71.4 Å². The van der Waals surface area contributed by atoms with Crippen LogP contribution < -0.4 is 15.1 Å². The van der Waals surface area contributed by atoms with Crippen molar-refractivity contribution in [1.82, 2.24) is 9.97 Å². The van der Waals surface area contributed by atoms with Gasteiger partial charge in [-0.2, -0.15) is 0 Å². The number of aryl methyl sites for hydroxylation is 2. The van der Waals surface area contributed by atoms with E-state index in [1.165, 1.54) is 23.5 Å². The van der Waals surface area contributed by atoms with E-state index in [4.69, 9.17) is 9.15 Å². The normalized spacial score (nSPS) is 16.6. The molecule has 3 aliphatic rings. The number of nitrogens with zero attached hydrogens (tertiary/aromatic N) is 4. The Hall–Kier alpha value is -4.87. The molecule has 0 aliphatic carbocycles. The van der Waals surface area contributed by atoms with Gasteiger partial charge in [0.2, 0.25) is 5.89 Å². The molecule has 0 atom stereocenters. The zero-order chi connectivity index (χ0) is 33.0. The maximum Gasteiger partial charge on any atom is 0.259 e. The second-order valence-electron chi connectivity index (χ2n) is 13.0. The predicted octanol–water partition coefficient (Wildman–Crippen LogP) is 7.29. The predicted molar refractivity (Wildman–Crippen MR) is 183 cm³/mol. The molecule has 0 saturated carbocycles. The Balaban J connectivity index is 1.01. The molecule has 244 valence electrons. The van der Waals surface area contributed by atoms with Crippen LogP contribution >= 0.6 is 11.3 Å². The van der Waals surface area contributed by atoms with Crippen molar-refractivity contribution in [2.75, 3.05) is 48.0 Å². The Labute approximate surface area is 281 Å². The molecule has 48 heavy (non-hydrogen) atoms. The molecular weight excluding hydrogens is 630 g/mol. The molecule has 6 heterocycles. The molecule has 1 N–H and O–H groups in total. The number of pyridine rings is 1. The topological polar surface area (TPSA) is 101 Å². The monoisotopic (exact) mass is 663 g/mol. The lowest BCUT2D eigenvalue weighted by atomic mass is 9.73. The highest BCUT2D eigenvalue weighted by atomic mass is 32.1. The van der Waals surface area contributed by atoms with Crippen molar-refractivity contribution in [3.63, 3.8) is 0 Å². The van der Waals surface area contributed by atoms with E-state index in [-0.39, 0.29) is 17.2 Å². The molecule has 2 amide bonds. The van der Waals surface area contributed by atoms with E-state index in [0.29, 0.717) is 47.2 Å². The van der Waals surface area contributed by atoms with Crippen LogP contribution in [-0.4, -0.2) is 54.6 Å². The number of carbonyl (C=O) groups is 2. The van der Waals surface area contributed by atoms with Crippen molar-refractivity contribution < 1.29 is 23.1 Å². The molecular formula is C37H34FN5O4S. The first-order valence-electron chi connectivity index (χ1n) is 16.1. The average molecular weight is 664 g/mol. The summed E-state index contributed by atoms with van der Waals surface area (Å²) in [5, 5.41) is 3.00. The third-order valence-electron chi connectivity index (χ3n) is 9.53. The number of ether oxygens (including phenoxy) is 1. The fraction of sp³-hybridized carbons (Fsp3) is 0.297. The molecule has 2 fully saturated rings. The summed E-state index contributed by atoms with van der Waals surface area (Å²) >= 11 is 1.52. The van der Waals surface area contributed by atoms with Crippen LogP contribution in [0.3, 0.4) is 0 Å². The molecule has 0 unspecified atom stereocenters. The van der Waals surface area contributed by atoms with Crippen molar-refractivity contribution in [2.45, 2.75) is 33.1 Å². The Morgan fingerprint density at radius 3 is 2.52 bits per heavy atom. The van der Waals surface area contributed by atoms with Gasteiger partial charge < -0.3 is 24.3 Å². The van der Waals surface area contributed by atoms with Crippen LogP contribution in [0.4, 0.5) is 21.6 Å². The summed E-state index contributed by atoms with van der Waals surface area (Å²) in [6.07, 6.45) is 6.12. The number of anilines is 3. The van der Waals surface area contributed by atoms with Gasteiger partial charge in [-0.3, -0.25) is 9.59 Å². The number of nitrogens with one attached hydrogen (secondary N) is 1. The van der Waals surface area contributed by atoms with Gasteiger partial charge >= 0.3 is 0 Å². The van der Waals surface area contributed by atoms with E-state index in [9.17, 15) is 14.0 Å². The molecule has 2 saturated heterocycles. The van der Waals surface area contributed by atoms with Crippen molar-refractivity contribution in [3.05, 3.63) is 101 Å². The second-order valence-corrected chi connectivity index (χ2v) is 14.0. The van der Waals surface area contributed by atoms with Crippen molar-refractivity contribution in [2.24, 2.45) is 5.41 Å². The van der Waals surface area contributed by atoms with Crippen LogP contribution in [0.1, 0.15) is 50.4 Å². The number of hydrogen-bond donors (Lipinski definition) is 1. The third kappa shape index (κ3) is 5.56. The first-order valence-corrected chi connectivity index (χ1v) is 16.9. The number of thiophene rings is 1. The fourth-order valence-corrected chi connectivity index (χ4v) is 8.14. The van der Waals surface area contributed by atoms with Crippen molar-refractivity contribution >= 4 is 40.3 Å². The molecule has 3 aliphatic heterocycles. The minimum Gasteiger partial charge on any atom is -0.441 e. The largest absolute Gasteiger partial charge is 0.441 e. The summed E-state index contributed by atoms with van der Waals surface area (Å²) in [4.78, 5) is 42.2. The smallest absolute Gasteiger partial charge is 0.259 e. The highest BCUT2D eigenvalue weighted by Gasteiger charge is 2.45. The Bertz CT molecular complexity index is 2040. The summed E-state index contributed by atoms with van der Waals surface area (Å²) in [6.45, 7) is 7.43. The van der Waals surface area contributed by atoms with E-state index < -0.39 is 5.82 Å². The summed E-state index contributed by atoms with van der Waals surface area (Å²) in [5.74, 6) is 1.04. The van der Waals surface area contributed by atoms with Gasteiger partial charge in [-0.25, -0.2) is 14.4 Å². The highest BCUT2D eigenvalue weighted by Crippen LogP contribution is 2.45. The number of halogens is 1. The maximum atomic E-state index is 14.6. The van der Waals surface area contributed by atoms with Crippen LogP contribution in [0.2, 0.25) is 0 Å². The van der Waals surface area contributed by atoms with Gasteiger partial charge in [0.25, 0.3) is 11.8 Å². The number of fused-ring (bicyclic) bond motifs is 3. The van der Waals surface area contributed by atoms with Gasteiger partial charge in [-0.1, -0.05) is 0 Å². The summed E-state index contributed by atoms with van der Waals surface area (Å²) in [5.41, 5.74) is 5.02. The standard InChI is InChI=1S/C37H34FN5O4S/c1-22-15-29(33(39-18-22)42-20-37(21-42)10-13-46-14-11-37)34(44)41-27-6-3-24(4-7-27)36(45)43-12-9-25-16-31(35-40-19-23(2)47-35)48-32(25)28-8-5-26(38)17-30(28)43/h3-8,15-19H,9-14,20-21H2,1-2H3,(H,41,44). The quantitative estimate of drug-likeness (QED) is 0.211. The zero-order valence-electron chi connectivity index (χ0n) is 26.7. The van der Waals surface area contributed by atoms with Gasteiger partial charge in [0.1, 0.15) is 17.4 Å². The highest BCUT2D eigenvalue weighted by molar-refractivity contribution is 7.19. The lowest BCUT2D eigenvalue weighted by Crippen LogP contribution is -2.59. The molecule has 1 spiro atoms. The molecule has 3 aromatic heterocycles. The van der Waals surface area contributed by atoms with Crippen LogP contribution in [-0.2, 0) is 11.2 Å². The van der Waals surface area contributed by atoms with Crippen LogP contribution in [0, 0.1) is 25.1 Å². The van der Waals surface area contributed by atoms with Gasteiger partial charge in [0, 0.05) is 66.2 Å². The number of hydrogen-bond acceptors (Lipinski definition) is 8. The Morgan fingerprint density at radius 1 is 0.979 bits per heavy atom. The maximum absolute atomic E-state index is 14.6. The summed E-state index contributed by atoms with van der Waals surface area (Å²) in [7, 11) is 0. The van der Waals surface area contributed by atoms with E-state index in [1.807, 2.05) is 26.0 Å². The van der Waals surface area contributed by atoms with Crippen molar-refractivity contribution in [1.29, 1.82) is 0 Å². The third-order valence-corrected chi connectivity index (χ3v) is 10.7. The first kappa shape index (κ1) is 30.5. The van der Waals surface area contributed by atoms with E-state index in [0.717, 1.165) is 71.3 Å². The zero-order valence-corrected chi connectivity index (χ0v) is 27.5. The number of benzene rings is 2. The Morgan fingerprint density at radius 2 is 1.77 bits per heavy atom. The number of amides is 2. The lowest BCUT2D eigenvalue weighted by molar-refractivity contribution is -0.000510. The lowest BCUT2D eigenvalue weighted by Gasteiger charge is -2.53. The minimum absolute atomic E-state index is 0.242. The molecule has 0 bridgehead atoms. The SMILES string of the molecule is Cc1cnc(N2CC3(CCOCC3)C2)c(C(=O)Nc2ccc(C(=O)N3CCc4cc(-c5ncc(C)o5)sc4-c4ccc(F)cc43)cc2)c1. The average Bonchev–Trinajstić information content (AvgIpc) is 3.67. The summed E-state index contributed by atoms with van der Waals surface area (Å²) < 4.78 is 25.9. The number of rotatable bonds is 5. The van der Waals surface area contributed by atoms with Crippen LogP contribution in [0.5, 0.6) is 0 Å². The summed E-state index contributed by atoms with van der Waals surface area (Å²) in [6, 6.07) is 15.3. The van der Waals surface area contributed by atoms with Crippen molar-refractivity contribution in [3.8, 4) is 21.2 Å². The molecule has 11 heteroatoms. The van der Waals surface area contributed by atoms with Gasteiger partial charge in [0.05, 0.1) is 22.3 Å². The van der Waals surface area contributed by atoms with Crippen LogP contribution in [0.25, 0.3) is 21.2 Å². The molecule has 2 aromatic carbocycles. The Kier molecular flexibility index (Phi) is 7.60. The van der Waals surface area contributed by atoms with E-state index >= 15 is 0 Å². The minimum atomic E-state index is -0.417. The molecule has 9 nitrogen and oxygen atoms in total. The number of oxazole rings is 1. The second kappa shape index (κ2) is 12.0. The number of aromatic nitrogens is 2. The van der Waals surface area contributed by atoms with Gasteiger partial charge in [0.15, 0.2) is 0 Å². The van der Waals surface area contributed by atoms with E-state index in [1.54, 1.807) is 47.6 Å².